The van der Waals surface area contributed by atoms with Crippen molar-refractivity contribution in [2.75, 3.05) is 26.2 Å². The van der Waals surface area contributed by atoms with E-state index in [0.29, 0.717) is 0 Å². The number of hydrogen-bond acceptors (Lipinski definition) is 4. The van der Waals surface area contributed by atoms with E-state index in [1.807, 2.05) is 35.4 Å². The zero-order valence-corrected chi connectivity index (χ0v) is 14.8. The number of hydrogen-bond donors (Lipinski definition) is 1. The lowest BCUT2D eigenvalue weighted by Crippen LogP contribution is -2.51. The number of rotatable bonds is 5. The van der Waals surface area contributed by atoms with Crippen LogP contribution in [0.3, 0.4) is 0 Å². The van der Waals surface area contributed by atoms with Gasteiger partial charge in [-0.15, -0.1) is 11.3 Å². The lowest BCUT2D eigenvalue weighted by Gasteiger charge is -2.35. The minimum Gasteiger partial charge on any atom is -0.330 e. The fraction of sp³-hybridized carbons (Fsp3) is 0.444. The molecule has 0 radical (unpaired) electrons. The second-order valence-electron chi connectivity index (χ2n) is 6.01. The Morgan fingerprint density at radius 2 is 2.08 bits per heavy atom. The zero-order chi connectivity index (χ0) is 16.8. The molecule has 3 heterocycles. The minimum absolute atomic E-state index is 0.0488. The van der Waals surface area contributed by atoms with Crippen LogP contribution in [0.5, 0.6) is 0 Å². The standard InChI is InChI=1S/C18H24N4OS/c1-2-16(17-7-5-13-24-17)20-18(23)22-11-9-21(10-12-22)14-15-6-3-4-8-19-15/h3-8,13,16H,2,9-12,14H2,1H3,(H,20,23). The maximum Gasteiger partial charge on any atom is 0.317 e. The number of carbonyl (C=O) groups excluding carboxylic acids is 1. The van der Waals surface area contributed by atoms with Crippen LogP contribution in [0.15, 0.2) is 41.9 Å². The summed E-state index contributed by atoms with van der Waals surface area (Å²) in [6, 6.07) is 10.3. The summed E-state index contributed by atoms with van der Waals surface area (Å²) in [6.45, 7) is 6.26. The van der Waals surface area contributed by atoms with Gasteiger partial charge in [0.25, 0.3) is 0 Å². The third-order valence-corrected chi connectivity index (χ3v) is 5.35. The maximum atomic E-state index is 12.5. The molecule has 24 heavy (non-hydrogen) atoms. The van der Waals surface area contributed by atoms with E-state index in [4.69, 9.17) is 0 Å². The highest BCUT2D eigenvalue weighted by atomic mass is 32.1. The van der Waals surface area contributed by atoms with Gasteiger partial charge in [0.15, 0.2) is 0 Å². The molecule has 1 unspecified atom stereocenters. The SMILES string of the molecule is CCC(NC(=O)N1CCN(Cc2ccccn2)CC1)c1cccs1. The second kappa shape index (κ2) is 8.26. The molecular formula is C18H24N4OS. The van der Waals surface area contributed by atoms with Crippen LogP contribution in [0.25, 0.3) is 0 Å². The molecule has 1 N–H and O–H groups in total. The monoisotopic (exact) mass is 344 g/mol. The topological polar surface area (TPSA) is 48.5 Å². The Hall–Kier alpha value is -1.92. The van der Waals surface area contributed by atoms with Gasteiger partial charge in [-0.1, -0.05) is 19.1 Å². The average molecular weight is 344 g/mol. The first-order valence-corrected chi connectivity index (χ1v) is 9.35. The lowest BCUT2D eigenvalue weighted by molar-refractivity contribution is 0.132. The van der Waals surface area contributed by atoms with Gasteiger partial charge >= 0.3 is 6.03 Å². The van der Waals surface area contributed by atoms with Gasteiger partial charge in [-0.05, 0) is 30.0 Å². The third kappa shape index (κ3) is 4.33. The fourth-order valence-corrected chi connectivity index (χ4v) is 3.80. The van der Waals surface area contributed by atoms with E-state index >= 15 is 0 Å². The Bertz CT molecular complexity index is 624. The first kappa shape index (κ1) is 16.9. The molecule has 0 saturated carbocycles. The largest absolute Gasteiger partial charge is 0.330 e. The van der Waals surface area contributed by atoms with Gasteiger partial charge in [0, 0.05) is 43.8 Å². The number of nitrogens with one attached hydrogen (secondary N) is 1. The minimum atomic E-state index is 0.0488. The first-order chi connectivity index (χ1) is 11.8. The van der Waals surface area contributed by atoms with Crippen molar-refractivity contribution < 1.29 is 4.79 Å². The molecule has 1 aliphatic heterocycles. The number of thiophene rings is 1. The maximum absolute atomic E-state index is 12.5. The molecule has 1 aliphatic rings. The summed E-state index contributed by atoms with van der Waals surface area (Å²) >= 11 is 1.70. The molecule has 0 bridgehead atoms. The summed E-state index contributed by atoms with van der Waals surface area (Å²) in [5, 5.41) is 5.23. The van der Waals surface area contributed by atoms with E-state index < -0.39 is 0 Å². The van der Waals surface area contributed by atoms with Crippen molar-refractivity contribution in [3.63, 3.8) is 0 Å². The predicted molar refractivity (Wildman–Crippen MR) is 97.0 cm³/mol. The molecule has 1 fully saturated rings. The van der Waals surface area contributed by atoms with Gasteiger partial charge in [0.05, 0.1) is 11.7 Å². The molecule has 2 amide bonds. The normalized spacial score (nSPS) is 16.8. The van der Waals surface area contributed by atoms with Crippen molar-refractivity contribution in [3.8, 4) is 0 Å². The number of nitrogens with zero attached hydrogens (tertiary/aromatic N) is 3. The second-order valence-corrected chi connectivity index (χ2v) is 6.99. The first-order valence-electron chi connectivity index (χ1n) is 8.47. The van der Waals surface area contributed by atoms with E-state index in [0.717, 1.165) is 44.8 Å². The number of amides is 2. The molecule has 6 heteroatoms. The zero-order valence-electron chi connectivity index (χ0n) is 14.0. The van der Waals surface area contributed by atoms with E-state index in [2.05, 4.69) is 33.6 Å². The number of carbonyl (C=O) groups is 1. The Labute approximate surface area is 147 Å². The quantitative estimate of drug-likeness (QED) is 0.906. The van der Waals surface area contributed by atoms with Crippen LogP contribution in [0, 0.1) is 0 Å². The van der Waals surface area contributed by atoms with Gasteiger partial charge in [0.2, 0.25) is 0 Å². The predicted octanol–water partition coefficient (Wildman–Crippen LogP) is 3.12. The Balaban J connectivity index is 1.48. The third-order valence-electron chi connectivity index (χ3n) is 4.36. The summed E-state index contributed by atoms with van der Waals surface area (Å²) in [6.07, 6.45) is 2.74. The summed E-state index contributed by atoms with van der Waals surface area (Å²) in [4.78, 5) is 22.4. The summed E-state index contributed by atoms with van der Waals surface area (Å²) in [5.41, 5.74) is 1.08. The smallest absolute Gasteiger partial charge is 0.317 e. The van der Waals surface area contributed by atoms with Crippen molar-refractivity contribution in [2.24, 2.45) is 0 Å². The molecule has 0 aromatic carbocycles. The molecule has 5 nitrogen and oxygen atoms in total. The highest BCUT2D eigenvalue weighted by Crippen LogP contribution is 2.22. The van der Waals surface area contributed by atoms with Gasteiger partial charge in [-0.3, -0.25) is 9.88 Å². The van der Waals surface area contributed by atoms with Gasteiger partial charge < -0.3 is 10.2 Å². The highest BCUT2D eigenvalue weighted by molar-refractivity contribution is 7.10. The Kier molecular flexibility index (Phi) is 5.82. The van der Waals surface area contributed by atoms with E-state index in [9.17, 15) is 4.79 Å². The molecule has 128 valence electrons. The van der Waals surface area contributed by atoms with E-state index in [1.54, 1.807) is 11.3 Å². The molecule has 2 aromatic heterocycles. The van der Waals surface area contributed by atoms with Crippen LogP contribution in [0.2, 0.25) is 0 Å². The van der Waals surface area contributed by atoms with Gasteiger partial charge in [0.1, 0.15) is 0 Å². The molecule has 0 spiro atoms. The van der Waals surface area contributed by atoms with Gasteiger partial charge in [-0.2, -0.15) is 0 Å². The van der Waals surface area contributed by atoms with Crippen LogP contribution >= 0.6 is 11.3 Å². The molecule has 1 atom stereocenters. The summed E-state index contributed by atoms with van der Waals surface area (Å²) in [7, 11) is 0. The fourth-order valence-electron chi connectivity index (χ4n) is 2.93. The molecular weight excluding hydrogens is 320 g/mol. The van der Waals surface area contributed by atoms with Crippen molar-refractivity contribution >= 4 is 17.4 Å². The van der Waals surface area contributed by atoms with Crippen LogP contribution in [0.4, 0.5) is 4.79 Å². The molecule has 0 aliphatic carbocycles. The number of pyridine rings is 1. The lowest BCUT2D eigenvalue weighted by atomic mass is 10.2. The number of aromatic nitrogens is 1. The van der Waals surface area contributed by atoms with Crippen molar-refractivity contribution in [3.05, 3.63) is 52.5 Å². The van der Waals surface area contributed by atoms with Crippen LogP contribution in [0.1, 0.15) is 30.0 Å². The van der Waals surface area contributed by atoms with Crippen LogP contribution in [-0.2, 0) is 6.54 Å². The van der Waals surface area contributed by atoms with Crippen LogP contribution < -0.4 is 5.32 Å². The molecule has 2 aromatic rings. The molecule has 1 saturated heterocycles. The summed E-state index contributed by atoms with van der Waals surface area (Å²) in [5.74, 6) is 0. The van der Waals surface area contributed by atoms with Gasteiger partial charge in [-0.25, -0.2) is 4.79 Å². The Morgan fingerprint density at radius 3 is 2.71 bits per heavy atom. The summed E-state index contributed by atoms with van der Waals surface area (Å²) < 4.78 is 0. The van der Waals surface area contributed by atoms with Crippen molar-refractivity contribution in [1.82, 2.24) is 20.1 Å². The van der Waals surface area contributed by atoms with E-state index in [-0.39, 0.29) is 12.1 Å². The van der Waals surface area contributed by atoms with E-state index in [1.165, 1.54) is 4.88 Å². The number of piperazine rings is 1. The highest BCUT2D eigenvalue weighted by Gasteiger charge is 2.23. The van der Waals surface area contributed by atoms with Crippen molar-refractivity contribution in [1.29, 1.82) is 0 Å². The molecule has 3 rings (SSSR count). The average Bonchev–Trinajstić information content (AvgIpc) is 3.15. The van der Waals surface area contributed by atoms with Crippen molar-refractivity contribution in [2.45, 2.75) is 25.9 Å². The number of urea groups is 1. The van der Waals surface area contributed by atoms with Crippen LogP contribution in [-0.4, -0.2) is 47.0 Å². The Morgan fingerprint density at radius 1 is 1.25 bits per heavy atom.